The monoisotopic (exact) mass is 326 g/mol. The van der Waals surface area contributed by atoms with E-state index in [1.807, 2.05) is 0 Å². The molecule has 1 heterocycles. The van der Waals surface area contributed by atoms with Crippen LogP contribution in [0, 0.1) is 0 Å². The zero-order valence-corrected chi connectivity index (χ0v) is 13.1. The Morgan fingerprint density at radius 1 is 1.45 bits per heavy atom. The summed E-state index contributed by atoms with van der Waals surface area (Å²) in [5, 5.41) is 12.4. The number of likely N-dealkylation sites (tertiary alicyclic amines) is 1. The Hall–Kier alpha value is -1.79. The third-order valence-corrected chi connectivity index (χ3v) is 3.92. The molecule has 1 saturated heterocycles. The normalized spacial score (nSPS) is 18.7. The molecule has 2 rings (SSSR count). The molecule has 1 aliphatic heterocycles. The molecule has 22 heavy (non-hydrogen) atoms. The zero-order chi connectivity index (χ0) is 16.1. The van der Waals surface area contributed by atoms with E-state index in [-0.39, 0.29) is 12.5 Å². The van der Waals surface area contributed by atoms with Crippen LogP contribution < -0.4 is 10.1 Å². The number of amides is 1. The smallest absolute Gasteiger partial charge is 0.320 e. The number of hydrogen-bond acceptors (Lipinski definition) is 4. The fourth-order valence-corrected chi connectivity index (χ4v) is 2.78. The maximum Gasteiger partial charge on any atom is 0.320 e. The minimum atomic E-state index is -0.882. The largest absolute Gasteiger partial charge is 0.495 e. The Labute approximate surface area is 134 Å². The van der Waals surface area contributed by atoms with E-state index in [0.717, 1.165) is 12.8 Å². The molecule has 1 unspecified atom stereocenters. The molecule has 1 aromatic rings. The van der Waals surface area contributed by atoms with Crippen LogP contribution in [-0.2, 0) is 9.59 Å². The van der Waals surface area contributed by atoms with Crippen molar-refractivity contribution in [2.75, 3.05) is 25.5 Å². The number of nitrogens with zero attached hydrogens (tertiary/aromatic N) is 1. The maximum absolute atomic E-state index is 12.2. The van der Waals surface area contributed by atoms with Crippen LogP contribution in [0.5, 0.6) is 5.75 Å². The fourth-order valence-electron chi connectivity index (χ4n) is 2.61. The van der Waals surface area contributed by atoms with Gasteiger partial charge < -0.3 is 15.2 Å². The third-order valence-electron chi connectivity index (χ3n) is 3.68. The number of aliphatic carboxylic acids is 1. The van der Waals surface area contributed by atoms with Gasteiger partial charge in [0, 0.05) is 5.02 Å². The highest BCUT2D eigenvalue weighted by Gasteiger charge is 2.29. The number of ether oxygens (including phenoxy) is 1. The molecule has 2 N–H and O–H groups in total. The predicted molar refractivity (Wildman–Crippen MR) is 83.5 cm³/mol. The van der Waals surface area contributed by atoms with Crippen molar-refractivity contribution in [3.8, 4) is 5.75 Å². The van der Waals surface area contributed by atoms with E-state index in [4.69, 9.17) is 16.3 Å². The summed E-state index contributed by atoms with van der Waals surface area (Å²) in [5.41, 5.74) is 0.476. The van der Waals surface area contributed by atoms with Crippen LogP contribution in [0.4, 0.5) is 5.69 Å². The Balaban J connectivity index is 2.03. The molecule has 1 aliphatic rings. The minimum Gasteiger partial charge on any atom is -0.495 e. The molecule has 1 amide bonds. The number of carboxylic acids is 1. The van der Waals surface area contributed by atoms with Crippen LogP contribution in [0.15, 0.2) is 18.2 Å². The molecule has 0 aromatic heterocycles. The molecular formula is C15H19ClN2O4. The Bertz CT molecular complexity index is 564. The minimum absolute atomic E-state index is 0.0344. The summed E-state index contributed by atoms with van der Waals surface area (Å²) in [6, 6.07) is 4.34. The van der Waals surface area contributed by atoms with Gasteiger partial charge in [-0.2, -0.15) is 0 Å². The van der Waals surface area contributed by atoms with Crippen molar-refractivity contribution in [2.45, 2.75) is 25.3 Å². The van der Waals surface area contributed by atoms with Gasteiger partial charge in [0.1, 0.15) is 11.8 Å². The number of nitrogens with one attached hydrogen (secondary N) is 1. The van der Waals surface area contributed by atoms with Crippen molar-refractivity contribution in [1.29, 1.82) is 0 Å². The lowest BCUT2D eigenvalue weighted by Crippen LogP contribution is -2.47. The number of carboxylic acid groups (broad SMARTS) is 1. The first kappa shape index (κ1) is 16.6. The zero-order valence-electron chi connectivity index (χ0n) is 12.3. The van der Waals surface area contributed by atoms with Gasteiger partial charge in [-0.1, -0.05) is 18.0 Å². The van der Waals surface area contributed by atoms with Gasteiger partial charge in [0.25, 0.3) is 0 Å². The summed E-state index contributed by atoms with van der Waals surface area (Å²) in [5.74, 6) is -0.660. The SMILES string of the molecule is COc1ccc(Cl)cc1NC(=O)CN1CCCCC1C(=O)O. The van der Waals surface area contributed by atoms with Gasteiger partial charge in [0.05, 0.1) is 19.3 Å². The summed E-state index contributed by atoms with van der Waals surface area (Å²) in [6.07, 6.45) is 2.35. The second-order valence-electron chi connectivity index (χ2n) is 5.21. The molecular weight excluding hydrogens is 308 g/mol. The lowest BCUT2D eigenvalue weighted by atomic mass is 10.0. The third kappa shape index (κ3) is 4.11. The highest BCUT2D eigenvalue weighted by atomic mass is 35.5. The summed E-state index contributed by atoms with van der Waals surface area (Å²) in [4.78, 5) is 25.1. The van der Waals surface area contributed by atoms with E-state index in [9.17, 15) is 14.7 Å². The number of methoxy groups -OCH3 is 1. The Morgan fingerprint density at radius 2 is 2.23 bits per heavy atom. The number of hydrogen-bond donors (Lipinski definition) is 2. The van der Waals surface area contributed by atoms with Crippen LogP contribution in [0.2, 0.25) is 5.02 Å². The van der Waals surface area contributed by atoms with E-state index < -0.39 is 12.0 Å². The van der Waals surface area contributed by atoms with E-state index in [0.29, 0.717) is 29.4 Å². The molecule has 1 atom stereocenters. The van der Waals surface area contributed by atoms with Crippen molar-refractivity contribution < 1.29 is 19.4 Å². The quantitative estimate of drug-likeness (QED) is 0.867. The van der Waals surface area contributed by atoms with Crippen molar-refractivity contribution in [3.05, 3.63) is 23.2 Å². The van der Waals surface area contributed by atoms with Gasteiger partial charge in [-0.15, -0.1) is 0 Å². The molecule has 0 bridgehead atoms. The topological polar surface area (TPSA) is 78.9 Å². The van der Waals surface area contributed by atoms with Crippen molar-refractivity contribution in [2.24, 2.45) is 0 Å². The van der Waals surface area contributed by atoms with Crippen LogP contribution in [0.1, 0.15) is 19.3 Å². The number of benzene rings is 1. The molecule has 0 aliphatic carbocycles. The van der Waals surface area contributed by atoms with Gasteiger partial charge in [-0.3, -0.25) is 14.5 Å². The first-order valence-corrected chi connectivity index (χ1v) is 7.49. The van der Waals surface area contributed by atoms with E-state index in [1.165, 1.54) is 7.11 Å². The van der Waals surface area contributed by atoms with E-state index in [2.05, 4.69) is 5.32 Å². The van der Waals surface area contributed by atoms with Gasteiger partial charge in [0.15, 0.2) is 0 Å². The molecule has 1 fully saturated rings. The molecule has 0 radical (unpaired) electrons. The Kier molecular flexibility index (Phi) is 5.63. The molecule has 7 heteroatoms. The lowest BCUT2D eigenvalue weighted by molar-refractivity contribution is -0.145. The average molecular weight is 327 g/mol. The standard InChI is InChI=1S/C15H19ClN2O4/c1-22-13-6-5-10(16)8-11(13)17-14(19)9-18-7-3-2-4-12(18)15(20)21/h5-6,8,12H,2-4,7,9H2,1H3,(H,17,19)(H,20,21). The van der Waals surface area contributed by atoms with Crippen molar-refractivity contribution in [3.63, 3.8) is 0 Å². The highest BCUT2D eigenvalue weighted by molar-refractivity contribution is 6.31. The average Bonchev–Trinajstić information content (AvgIpc) is 2.47. The summed E-state index contributed by atoms with van der Waals surface area (Å²) >= 11 is 5.92. The number of carbonyl (C=O) groups excluding carboxylic acids is 1. The number of rotatable bonds is 5. The predicted octanol–water partition coefficient (Wildman–Crippen LogP) is 2.23. The summed E-state index contributed by atoms with van der Waals surface area (Å²) < 4.78 is 5.17. The molecule has 120 valence electrons. The number of anilines is 1. The van der Waals surface area contributed by atoms with Gasteiger partial charge in [-0.05, 0) is 37.6 Å². The van der Waals surface area contributed by atoms with Crippen LogP contribution >= 0.6 is 11.6 Å². The van der Waals surface area contributed by atoms with Crippen LogP contribution in [-0.4, -0.2) is 48.1 Å². The second kappa shape index (κ2) is 7.47. The van der Waals surface area contributed by atoms with E-state index >= 15 is 0 Å². The van der Waals surface area contributed by atoms with Gasteiger partial charge >= 0.3 is 5.97 Å². The summed E-state index contributed by atoms with van der Waals surface area (Å²) in [7, 11) is 1.50. The van der Waals surface area contributed by atoms with Crippen molar-refractivity contribution in [1.82, 2.24) is 4.90 Å². The highest BCUT2D eigenvalue weighted by Crippen LogP contribution is 2.27. The van der Waals surface area contributed by atoms with Crippen molar-refractivity contribution >= 4 is 29.2 Å². The van der Waals surface area contributed by atoms with Crippen LogP contribution in [0.3, 0.4) is 0 Å². The molecule has 0 saturated carbocycles. The number of piperidine rings is 1. The first-order valence-electron chi connectivity index (χ1n) is 7.11. The van der Waals surface area contributed by atoms with Crippen LogP contribution in [0.25, 0.3) is 0 Å². The lowest BCUT2D eigenvalue weighted by Gasteiger charge is -2.32. The Morgan fingerprint density at radius 3 is 2.91 bits per heavy atom. The second-order valence-corrected chi connectivity index (χ2v) is 5.65. The number of halogens is 1. The maximum atomic E-state index is 12.2. The van der Waals surface area contributed by atoms with Gasteiger partial charge in [-0.25, -0.2) is 0 Å². The number of carbonyl (C=O) groups is 2. The molecule has 6 nitrogen and oxygen atoms in total. The molecule has 0 spiro atoms. The van der Waals surface area contributed by atoms with Gasteiger partial charge in [0.2, 0.25) is 5.91 Å². The summed E-state index contributed by atoms with van der Waals surface area (Å²) in [6.45, 7) is 0.643. The van der Waals surface area contributed by atoms with E-state index in [1.54, 1.807) is 23.1 Å². The first-order chi connectivity index (χ1) is 10.5. The molecule has 1 aromatic carbocycles. The fraction of sp³-hybridized carbons (Fsp3) is 0.467.